The lowest BCUT2D eigenvalue weighted by atomic mass is 10.1. The van der Waals surface area contributed by atoms with Gasteiger partial charge in [-0.1, -0.05) is 28.1 Å². The van der Waals surface area contributed by atoms with E-state index in [4.69, 9.17) is 0 Å². The smallest absolute Gasteiger partial charge is 0.275 e. The van der Waals surface area contributed by atoms with Crippen LogP contribution >= 0.6 is 31.9 Å². The second kappa shape index (κ2) is 7.55. The number of aromatic nitrogens is 1. The van der Waals surface area contributed by atoms with Gasteiger partial charge in [-0.05, 0) is 58.6 Å². The topological polar surface area (TPSA) is 42.0 Å². The number of hydrogen-bond donors (Lipinski definition) is 1. The van der Waals surface area contributed by atoms with Gasteiger partial charge in [0.05, 0.1) is 0 Å². The molecular formula is C15H14Br2N2O. The molecule has 1 heterocycles. The summed E-state index contributed by atoms with van der Waals surface area (Å²) in [6.07, 6.45) is 3.66. The van der Waals surface area contributed by atoms with Crippen LogP contribution in [0.3, 0.4) is 0 Å². The number of pyridine rings is 1. The molecule has 2 rings (SSSR count). The van der Waals surface area contributed by atoms with Gasteiger partial charge >= 0.3 is 0 Å². The number of carbonyl (C=O) groups excluding carboxylic acids is 1. The largest absolute Gasteiger partial charge is 0.321 e. The van der Waals surface area contributed by atoms with Crippen LogP contribution in [0.5, 0.6) is 0 Å². The summed E-state index contributed by atoms with van der Waals surface area (Å²) < 4.78 is 0.688. The fourth-order valence-electron chi connectivity index (χ4n) is 1.82. The van der Waals surface area contributed by atoms with E-state index >= 15 is 0 Å². The van der Waals surface area contributed by atoms with Gasteiger partial charge in [0.25, 0.3) is 5.91 Å². The van der Waals surface area contributed by atoms with E-state index in [1.807, 2.05) is 18.2 Å². The summed E-state index contributed by atoms with van der Waals surface area (Å²) in [5.74, 6) is -0.213. The van der Waals surface area contributed by atoms with Crippen LogP contribution in [0.2, 0.25) is 0 Å². The van der Waals surface area contributed by atoms with Crippen LogP contribution < -0.4 is 5.32 Å². The minimum atomic E-state index is -0.213. The summed E-state index contributed by atoms with van der Waals surface area (Å²) >= 11 is 6.75. The molecule has 1 aromatic carbocycles. The number of alkyl halides is 1. The molecule has 1 aromatic heterocycles. The van der Waals surface area contributed by atoms with Crippen molar-refractivity contribution in [1.29, 1.82) is 0 Å². The van der Waals surface area contributed by atoms with E-state index in [-0.39, 0.29) is 5.91 Å². The molecule has 0 bridgehead atoms. The second-order valence-corrected chi connectivity index (χ2v) is 5.93. The molecule has 0 radical (unpaired) electrons. The van der Waals surface area contributed by atoms with Gasteiger partial charge < -0.3 is 5.32 Å². The first kappa shape index (κ1) is 15.2. The molecule has 0 atom stereocenters. The van der Waals surface area contributed by atoms with Crippen molar-refractivity contribution in [2.45, 2.75) is 12.8 Å². The first-order valence-corrected chi connectivity index (χ1v) is 8.19. The molecule has 0 saturated carbocycles. The number of amides is 1. The number of nitrogens with one attached hydrogen (secondary N) is 1. The highest BCUT2D eigenvalue weighted by Gasteiger charge is 2.11. The maximum absolute atomic E-state index is 12.1. The molecule has 20 heavy (non-hydrogen) atoms. The van der Waals surface area contributed by atoms with Gasteiger partial charge in [0.2, 0.25) is 0 Å². The van der Waals surface area contributed by atoms with Crippen molar-refractivity contribution < 1.29 is 4.79 Å². The Hall–Kier alpha value is -1.20. The maximum Gasteiger partial charge on any atom is 0.275 e. The summed E-state index contributed by atoms with van der Waals surface area (Å²) in [4.78, 5) is 16.2. The minimum Gasteiger partial charge on any atom is -0.321 e. The van der Waals surface area contributed by atoms with Crippen molar-refractivity contribution in [3.63, 3.8) is 0 Å². The molecule has 0 saturated heterocycles. The molecule has 1 amide bonds. The summed E-state index contributed by atoms with van der Waals surface area (Å²) in [7, 11) is 0. The summed E-state index contributed by atoms with van der Waals surface area (Å²) in [6, 6.07) is 11.5. The van der Waals surface area contributed by atoms with Crippen LogP contribution in [0, 0.1) is 0 Å². The molecule has 1 N–H and O–H groups in total. The lowest BCUT2D eigenvalue weighted by molar-refractivity contribution is 0.102. The van der Waals surface area contributed by atoms with Gasteiger partial charge in [0.15, 0.2) is 0 Å². The number of anilines is 1. The highest BCUT2D eigenvalue weighted by molar-refractivity contribution is 9.10. The number of hydrogen-bond acceptors (Lipinski definition) is 2. The highest BCUT2D eigenvalue weighted by Crippen LogP contribution is 2.17. The number of carbonyl (C=O) groups is 1. The predicted molar refractivity (Wildman–Crippen MR) is 88.4 cm³/mol. The SMILES string of the molecule is O=C(Nc1cccc(CCCBr)c1)c1ncccc1Br. The molecule has 2 aromatic rings. The number of rotatable bonds is 5. The van der Waals surface area contributed by atoms with E-state index in [2.05, 4.69) is 48.2 Å². The average Bonchev–Trinajstić information content (AvgIpc) is 2.46. The number of halogens is 2. The monoisotopic (exact) mass is 396 g/mol. The number of nitrogens with zero attached hydrogens (tertiary/aromatic N) is 1. The zero-order valence-electron chi connectivity index (χ0n) is 10.8. The molecule has 0 fully saturated rings. The van der Waals surface area contributed by atoms with Gasteiger partial charge in [-0.2, -0.15) is 0 Å². The average molecular weight is 398 g/mol. The maximum atomic E-state index is 12.1. The molecule has 0 unspecified atom stereocenters. The van der Waals surface area contributed by atoms with Gasteiger partial charge in [-0.15, -0.1) is 0 Å². The van der Waals surface area contributed by atoms with Gasteiger partial charge in [0.1, 0.15) is 5.69 Å². The third-order valence-electron chi connectivity index (χ3n) is 2.76. The fourth-order valence-corrected chi connectivity index (χ4v) is 2.53. The van der Waals surface area contributed by atoms with Crippen LogP contribution in [-0.2, 0) is 6.42 Å². The normalized spacial score (nSPS) is 10.3. The predicted octanol–water partition coefficient (Wildman–Crippen LogP) is 4.42. The Morgan fingerprint density at radius 2 is 2.10 bits per heavy atom. The molecule has 0 aliphatic carbocycles. The van der Waals surface area contributed by atoms with Gasteiger partial charge in [-0.3, -0.25) is 4.79 Å². The first-order valence-electron chi connectivity index (χ1n) is 6.27. The first-order chi connectivity index (χ1) is 9.70. The van der Waals surface area contributed by atoms with E-state index in [1.165, 1.54) is 5.56 Å². The third-order valence-corrected chi connectivity index (χ3v) is 3.96. The zero-order valence-corrected chi connectivity index (χ0v) is 13.9. The fraction of sp³-hybridized carbons (Fsp3) is 0.200. The number of aryl methyl sites for hydroxylation is 1. The Kier molecular flexibility index (Phi) is 5.73. The Morgan fingerprint density at radius 3 is 2.85 bits per heavy atom. The van der Waals surface area contributed by atoms with Crippen molar-refractivity contribution in [3.05, 3.63) is 58.3 Å². The lowest BCUT2D eigenvalue weighted by Crippen LogP contribution is -2.14. The summed E-state index contributed by atoms with van der Waals surface area (Å²) in [5.41, 5.74) is 2.39. The van der Waals surface area contributed by atoms with Crippen molar-refractivity contribution in [1.82, 2.24) is 4.98 Å². The molecule has 0 aliphatic rings. The molecule has 0 aliphatic heterocycles. The molecule has 104 valence electrons. The van der Waals surface area contributed by atoms with Gasteiger partial charge in [-0.25, -0.2) is 4.98 Å². The number of benzene rings is 1. The van der Waals surface area contributed by atoms with Crippen molar-refractivity contribution in [3.8, 4) is 0 Å². The van der Waals surface area contributed by atoms with Crippen LogP contribution in [0.25, 0.3) is 0 Å². The molecule has 3 nitrogen and oxygen atoms in total. The van der Waals surface area contributed by atoms with Crippen LogP contribution in [0.1, 0.15) is 22.5 Å². The Labute approximate surface area is 135 Å². The van der Waals surface area contributed by atoms with E-state index < -0.39 is 0 Å². The van der Waals surface area contributed by atoms with E-state index in [9.17, 15) is 4.79 Å². The quantitative estimate of drug-likeness (QED) is 0.758. The molecule has 0 spiro atoms. The van der Waals surface area contributed by atoms with Crippen LogP contribution in [-0.4, -0.2) is 16.2 Å². The molecule has 5 heteroatoms. The second-order valence-electron chi connectivity index (χ2n) is 4.28. The lowest BCUT2D eigenvalue weighted by Gasteiger charge is -2.07. The van der Waals surface area contributed by atoms with E-state index in [1.54, 1.807) is 18.3 Å². The van der Waals surface area contributed by atoms with E-state index in [0.717, 1.165) is 23.9 Å². The van der Waals surface area contributed by atoms with Crippen molar-refractivity contribution >= 4 is 43.5 Å². The van der Waals surface area contributed by atoms with E-state index in [0.29, 0.717) is 10.2 Å². The molecular weight excluding hydrogens is 384 g/mol. The Morgan fingerprint density at radius 1 is 1.25 bits per heavy atom. The third kappa shape index (κ3) is 4.15. The van der Waals surface area contributed by atoms with Crippen LogP contribution in [0.4, 0.5) is 5.69 Å². The van der Waals surface area contributed by atoms with Crippen molar-refractivity contribution in [2.75, 3.05) is 10.6 Å². The highest BCUT2D eigenvalue weighted by atomic mass is 79.9. The zero-order chi connectivity index (χ0) is 14.4. The van der Waals surface area contributed by atoms with Crippen molar-refractivity contribution in [2.24, 2.45) is 0 Å². The van der Waals surface area contributed by atoms with Crippen LogP contribution in [0.15, 0.2) is 47.1 Å². The standard InChI is InChI=1S/C15H14Br2N2O/c16-8-2-5-11-4-1-6-12(10-11)19-15(20)14-13(17)7-3-9-18-14/h1,3-4,6-7,9-10H,2,5,8H2,(H,19,20). The Balaban J connectivity index is 2.10. The summed E-state index contributed by atoms with van der Waals surface area (Å²) in [5, 5.41) is 3.85. The summed E-state index contributed by atoms with van der Waals surface area (Å²) in [6.45, 7) is 0. The minimum absolute atomic E-state index is 0.213. The van der Waals surface area contributed by atoms with Gasteiger partial charge in [0, 0.05) is 21.7 Å². The Bertz CT molecular complexity index is 602.